The van der Waals surface area contributed by atoms with E-state index in [0.29, 0.717) is 17.5 Å². The van der Waals surface area contributed by atoms with Crippen LogP contribution in [0.15, 0.2) is 0 Å². The number of halogens is 1. The van der Waals surface area contributed by atoms with Gasteiger partial charge >= 0.3 is 0 Å². The Morgan fingerprint density at radius 2 is 2.19 bits per heavy atom. The van der Waals surface area contributed by atoms with Crippen LogP contribution in [0, 0.1) is 12.8 Å². The molecule has 0 saturated heterocycles. The van der Waals surface area contributed by atoms with E-state index in [1.165, 1.54) is 0 Å². The van der Waals surface area contributed by atoms with Crippen molar-refractivity contribution in [1.82, 2.24) is 9.78 Å². The Labute approximate surface area is 101 Å². The summed E-state index contributed by atoms with van der Waals surface area (Å²) in [4.78, 5) is 0. The van der Waals surface area contributed by atoms with Crippen molar-refractivity contribution >= 4 is 11.6 Å². The summed E-state index contributed by atoms with van der Waals surface area (Å²) in [6.45, 7) is 3.99. The standard InChI is InChI=1S/C12H19ClN2O/c1-4-12(16,9-5-6-9)7-10-8(2)14-15(3)11(10)13/h9,16H,4-7H2,1-3H3. The molecular weight excluding hydrogens is 224 g/mol. The number of hydrogen-bond donors (Lipinski definition) is 1. The normalized spacial score (nSPS) is 19.8. The number of rotatable bonds is 4. The summed E-state index contributed by atoms with van der Waals surface area (Å²) in [5.74, 6) is 0.452. The van der Waals surface area contributed by atoms with E-state index in [1.807, 2.05) is 20.9 Å². The summed E-state index contributed by atoms with van der Waals surface area (Å²) in [7, 11) is 1.83. The van der Waals surface area contributed by atoms with Crippen molar-refractivity contribution in [2.75, 3.05) is 0 Å². The second-order valence-corrected chi connectivity index (χ2v) is 5.24. The van der Waals surface area contributed by atoms with Crippen LogP contribution < -0.4 is 0 Å². The molecule has 1 aromatic heterocycles. The molecule has 0 aliphatic heterocycles. The van der Waals surface area contributed by atoms with E-state index in [-0.39, 0.29) is 0 Å². The maximum Gasteiger partial charge on any atom is 0.130 e. The van der Waals surface area contributed by atoms with Gasteiger partial charge in [-0.15, -0.1) is 0 Å². The molecule has 1 fully saturated rings. The maximum absolute atomic E-state index is 10.6. The molecule has 16 heavy (non-hydrogen) atoms. The molecule has 1 N–H and O–H groups in total. The largest absolute Gasteiger partial charge is 0.389 e. The van der Waals surface area contributed by atoms with Crippen LogP contribution in [0.3, 0.4) is 0 Å². The highest BCUT2D eigenvalue weighted by atomic mass is 35.5. The number of aryl methyl sites for hydroxylation is 2. The average Bonchev–Trinajstić information content (AvgIpc) is 3.05. The van der Waals surface area contributed by atoms with Crippen molar-refractivity contribution < 1.29 is 5.11 Å². The predicted molar refractivity (Wildman–Crippen MR) is 64.6 cm³/mol. The third-order valence-corrected chi connectivity index (χ3v) is 4.18. The van der Waals surface area contributed by atoms with Gasteiger partial charge in [0.25, 0.3) is 0 Å². The van der Waals surface area contributed by atoms with E-state index >= 15 is 0 Å². The lowest BCUT2D eigenvalue weighted by atomic mass is 9.87. The van der Waals surface area contributed by atoms with Gasteiger partial charge in [-0.25, -0.2) is 0 Å². The summed E-state index contributed by atoms with van der Waals surface area (Å²) in [5, 5.41) is 15.5. The van der Waals surface area contributed by atoms with Crippen molar-refractivity contribution in [2.24, 2.45) is 13.0 Å². The zero-order chi connectivity index (χ0) is 11.9. The molecular formula is C12H19ClN2O. The maximum atomic E-state index is 10.6. The van der Waals surface area contributed by atoms with Gasteiger partial charge in [0, 0.05) is 19.0 Å². The molecule has 4 heteroatoms. The molecule has 0 radical (unpaired) electrons. The Bertz CT molecular complexity index is 398. The zero-order valence-corrected chi connectivity index (χ0v) is 10.9. The molecule has 3 nitrogen and oxygen atoms in total. The Balaban J connectivity index is 2.25. The smallest absolute Gasteiger partial charge is 0.130 e. The average molecular weight is 243 g/mol. The van der Waals surface area contributed by atoms with Gasteiger partial charge in [0.15, 0.2) is 0 Å². The second-order valence-electron chi connectivity index (χ2n) is 4.89. The number of aliphatic hydroxyl groups is 1. The van der Waals surface area contributed by atoms with Gasteiger partial charge in [0.1, 0.15) is 5.15 Å². The van der Waals surface area contributed by atoms with Crippen LogP contribution >= 0.6 is 11.6 Å². The molecule has 1 aromatic rings. The highest BCUT2D eigenvalue weighted by Gasteiger charge is 2.43. The van der Waals surface area contributed by atoms with E-state index in [2.05, 4.69) is 5.10 Å². The molecule has 1 aliphatic carbocycles. The molecule has 1 aliphatic rings. The fraction of sp³-hybridized carbons (Fsp3) is 0.750. The lowest BCUT2D eigenvalue weighted by molar-refractivity contribution is 0.0138. The summed E-state index contributed by atoms with van der Waals surface area (Å²) in [6, 6.07) is 0. The number of nitrogens with zero attached hydrogens (tertiary/aromatic N) is 2. The van der Waals surface area contributed by atoms with Crippen molar-refractivity contribution in [3.63, 3.8) is 0 Å². The molecule has 0 aromatic carbocycles. The van der Waals surface area contributed by atoms with Gasteiger partial charge in [-0.3, -0.25) is 4.68 Å². The molecule has 1 unspecified atom stereocenters. The van der Waals surface area contributed by atoms with Crippen molar-refractivity contribution in [2.45, 2.75) is 45.1 Å². The van der Waals surface area contributed by atoms with Gasteiger partial charge in [-0.05, 0) is 32.1 Å². The van der Waals surface area contributed by atoms with Crippen molar-refractivity contribution in [3.8, 4) is 0 Å². The number of hydrogen-bond acceptors (Lipinski definition) is 2. The Morgan fingerprint density at radius 1 is 1.56 bits per heavy atom. The Kier molecular flexibility index (Phi) is 3.01. The van der Waals surface area contributed by atoms with E-state index in [0.717, 1.165) is 30.5 Å². The molecule has 0 amide bonds. The van der Waals surface area contributed by atoms with Crippen LogP contribution in [-0.2, 0) is 13.5 Å². The molecule has 1 heterocycles. The first-order chi connectivity index (χ1) is 7.48. The third kappa shape index (κ3) is 1.98. The van der Waals surface area contributed by atoms with Crippen LogP contribution in [-0.4, -0.2) is 20.5 Å². The number of aromatic nitrogens is 2. The molecule has 1 saturated carbocycles. The van der Waals surface area contributed by atoms with Gasteiger partial charge in [-0.1, -0.05) is 18.5 Å². The van der Waals surface area contributed by atoms with Gasteiger partial charge in [-0.2, -0.15) is 5.10 Å². The van der Waals surface area contributed by atoms with Crippen molar-refractivity contribution in [1.29, 1.82) is 0 Å². The van der Waals surface area contributed by atoms with Gasteiger partial charge in [0.05, 0.1) is 11.3 Å². The quantitative estimate of drug-likeness (QED) is 0.881. The third-order valence-electron chi connectivity index (χ3n) is 3.70. The van der Waals surface area contributed by atoms with Gasteiger partial charge in [0.2, 0.25) is 0 Å². The minimum absolute atomic E-state index is 0.452. The van der Waals surface area contributed by atoms with Crippen molar-refractivity contribution in [3.05, 3.63) is 16.4 Å². The van der Waals surface area contributed by atoms with E-state index in [1.54, 1.807) is 4.68 Å². The van der Waals surface area contributed by atoms with Crippen LogP contribution in [0.25, 0.3) is 0 Å². The van der Waals surface area contributed by atoms with Crippen LogP contribution in [0.4, 0.5) is 0 Å². The molecule has 0 bridgehead atoms. The zero-order valence-electron chi connectivity index (χ0n) is 10.1. The topological polar surface area (TPSA) is 38.1 Å². The van der Waals surface area contributed by atoms with E-state index < -0.39 is 5.60 Å². The molecule has 1 atom stereocenters. The molecule has 90 valence electrons. The first-order valence-corrected chi connectivity index (χ1v) is 6.26. The SMILES string of the molecule is CCC(O)(Cc1c(C)nn(C)c1Cl)C1CC1. The highest BCUT2D eigenvalue weighted by Crippen LogP contribution is 2.44. The minimum atomic E-state index is -0.586. The summed E-state index contributed by atoms with van der Waals surface area (Å²) in [6.07, 6.45) is 3.69. The van der Waals surface area contributed by atoms with E-state index in [9.17, 15) is 5.11 Å². The highest BCUT2D eigenvalue weighted by molar-refractivity contribution is 6.30. The Morgan fingerprint density at radius 3 is 2.56 bits per heavy atom. The van der Waals surface area contributed by atoms with Crippen LogP contribution in [0.2, 0.25) is 5.15 Å². The Hall–Kier alpha value is -0.540. The second kappa shape index (κ2) is 4.04. The predicted octanol–water partition coefficient (Wildman–Crippen LogP) is 2.48. The summed E-state index contributed by atoms with van der Waals surface area (Å²) in [5.41, 5.74) is 1.35. The molecule has 2 rings (SSSR count). The lowest BCUT2D eigenvalue weighted by Gasteiger charge is -2.26. The first kappa shape index (κ1) is 11.9. The minimum Gasteiger partial charge on any atom is -0.389 e. The lowest BCUT2D eigenvalue weighted by Crippen LogP contribution is -2.33. The monoisotopic (exact) mass is 242 g/mol. The molecule has 0 spiro atoms. The fourth-order valence-electron chi connectivity index (χ4n) is 2.36. The summed E-state index contributed by atoms with van der Waals surface area (Å²) < 4.78 is 1.68. The van der Waals surface area contributed by atoms with Gasteiger partial charge < -0.3 is 5.11 Å². The summed E-state index contributed by atoms with van der Waals surface area (Å²) >= 11 is 6.19. The fourth-order valence-corrected chi connectivity index (χ4v) is 2.60. The van der Waals surface area contributed by atoms with Crippen LogP contribution in [0.5, 0.6) is 0 Å². The first-order valence-electron chi connectivity index (χ1n) is 5.88. The van der Waals surface area contributed by atoms with Crippen LogP contribution in [0.1, 0.15) is 37.4 Å². The van der Waals surface area contributed by atoms with E-state index in [4.69, 9.17) is 11.6 Å².